The molecule has 2 atom stereocenters. The number of hydrogen-bond donors (Lipinski definition) is 1. The van der Waals surface area contributed by atoms with E-state index < -0.39 is 0 Å². The summed E-state index contributed by atoms with van der Waals surface area (Å²) in [5, 5.41) is 3.32. The Labute approximate surface area is 130 Å². The van der Waals surface area contributed by atoms with Crippen LogP contribution in [-0.2, 0) is 4.74 Å². The van der Waals surface area contributed by atoms with Gasteiger partial charge in [-0.3, -0.25) is 4.90 Å². The second-order valence-electron chi connectivity index (χ2n) is 7.56. The van der Waals surface area contributed by atoms with Crippen LogP contribution in [0.2, 0.25) is 0 Å². The topological polar surface area (TPSA) is 24.5 Å². The van der Waals surface area contributed by atoms with Crippen molar-refractivity contribution in [2.75, 3.05) is 26.7 Å². The van der Waals surface area contributed by atoms with E-state index in [-0.39, 0.29) is 0 Å². The van der Waals surface area contributed by atoms with Gasteiger partial charge in [-0.25, -0.2) is 0 Å². The van der Waals surface area contributed by atoms with Crippen molar-refractivity contribution in [3.63, 3.8) is 0 Å². The lowest BCUT2D eigenvalue weighted by Gasteiger charge is -2.38. The fourth-order valence-electron chi connectivity index (χ4n) is 4.79. The standard InChI is InChI=1S/C18H34N2O/c1-19-13-9-16-7-3-6-14-20(16)15-17-8-12-18(21-17)10-4-2-5-11-18/h16-17,19H,2-15H2,1H3. The summed E-state index contributed by atoms with van der Waals surface area (Å²) < 4.78 is 6.59. The first-order valence-electron chi connectivity index (χ1n) is 9.38. The van der Waals surface area contributed by atoms with Crippen molar-refractivity contribution in [1.82, 2.24) is 10.2 Å². The summed E-state index contributed by atoms with van der Waals surface area (Å²) in [4.78, 5) is 2.74. The highest BCUT2D eigenvalue weighted by Crippen LogP contribution is 2.42. The smallest absolute Gasteiger partial charge is 0.0710 e. The summed E-state index contributed by atoms with van der Waals surface area (Å²) >= 11 is 0. The molecule has 21 heavy (non-hydrogen) atoms. The van der Waals surface area contributed by atoms with Crippen molar-refractivity contribution in [1.29, 1.82) is 0 Å². The molecule has 3 fully saturated rings. The van der Waals surface area contributed by atoms with Crippen LogP contribution in [0.3, 0.4) is 0 Å². The Morgan fingerprint density at radius 1 is 1.05 bits per heavy atom. The van der Waals surface area contributed by atoms with Gasteiger partial charge in [-0.2, -0.15) is 0 Å². The Bertz CT molecular complexity index is 314. The van der Waals surface area contributed by atoms with E-state index in [1.54, 1.807) is 0 Å². The van der Waals surface area contributed by atoms with Gasteiger partial charge in [-0.05, 0) is 65.1 Å². The Morgan fingerprint density at radius 2 is 1.90 bits per heavy atom. The Kier molecular flexibility index (Phi) is 5.58. The van der Waals surface area contributed by atoms with Crippen LogP contribution >= 0.6 is 0 Å². The number of nitrogens with one attached hydrogen (secondary N) is 1. The normalized spacial score (nSPS) is 33.6. The Balaban J connectivity index is 1.50. The lowest BCUT2D eigenvalue weighted by Crippen LogP contribution is -2.45. The highest BCUT2D eigenvalue weighted by molar-refractivity contribution is 4.93. The molecular formula is C18H34N2O. The zero-order valence-electron chi connectivity index (χ0n) is 13.9. The van der Waals surface area contributed by atoms with Gasteiger partial charge in [0.2, 0.25) is 0 Å². The van der Waals surface area contributed by atoms with E-state index in [0.717, 1.165) is 12.6 Å². The minimum Gasteiger partial charge on any atom is -0.370 e. The first-order chi connectivity index (χ1) is 10.3. The molecule has 0 aromatic carbocycles. The van der Waals surface area contributed by atoms with Gasteiger partial charge >= 0.3 is 0 Å². The second kappa shape index (κ2) is 7.43. The molecule has 2 heterocycles. The van der Waals surface area contributed by atoms with Gasteiger partial charge in [0.15, 0.2) is 0 Å². The van der Waals surface area contributed by atoms with Crippen molar-refractivity contribution in [3.8, 4) is 0 Å². The predicted molar refractivity (Wildman–Crippen MR) is 87.7 cm³/mol. The molecule has 0 amide bonds. The molecule has 1 N–H and O–H groups in total. The summed E-state index contributed by atoms with van der Waals surface area (Å²) in [6.45, 7) is 3.63. The minimum absolute atomic E-state index is 0.291. The van der Waals surface area contributed by atoms with E-state index in [0.29, 0.717) is 11.7 Å². The molecule has 0 aromatic heterocycles. The van der Waals surface area contributed by atoms with E-state index in [2.05, 4.69) is 17.3 Å². The lowest BCUT2D eigenvalue weighted by molar-refractivity contribution is -0.0769. The van der Waals surface area contributed by atoms with Crippen LogP contribution in [0.1, 0.15) is 70.6 Å². The van der Waals surface area contributed by atoms with Crippen molar-refractivity contribution < 1.29 is 4.74 Å². The van der Waals surface area contributed by atoms with E-state index in [1.165, 1.54) is 83.7 Å². The van der Waals surface area contributed by atoms with Crippen LogP contribution in [0.5, 0.6) is 0 Å². The molecule has 2 unspecified atom stereocenters. The molecule has 0 aromatic rings. The van der Waals surface area contributed by atoms with Gasteiger partial charge < -0.3 is 10.1 Å². The number of rotatable bonds is 5. The third-order valence-electron chi connectivity index (χ3n) is 6.02. The number of hydrogen-bond acceptors (Lipinski definition) is 3. The van der Waals surface area contributed by atoms with Crippen LogP contribution in [0.25, 0.3) is 0 Å². The average Bonchev–Trinajstić information content (AvgIpc) is 2.89. The molecular weight excluding hydrogens is 260 g/mol. The predicted octanol–water partition coefficient (Wildman–Crippen LogP) is 3.33. The Hall–Kier alpha value is -0.120. The molecule has 0 radical (unpaired) electrons. The maximum atomic E-state index is 6.59. The van der Waals surface area contributed by atoms with Gasteiger partial charge in [0.1, 0.15) is 0 Å². The highest BCUT2D eigenvalue weighted by Gasteiger charge is 2.41. The zero-order valence-corrected chi connectivity index (χ0v) is 13.9. The molecule has 3 heteroatoms. The summed E-state index contributed by atoms with van der Waals surface area (Å²) in [6, 6.07) is 0.790. The number of piperidine rings is 1. The molecule has 1 spiro atoms. The second-order valence-corrected chi connectivity index (χ2v) is 7.56. The van der Waals surface area contributed by atoms with Gasteiger partial charge in [0.25, 0.3) is 0 Å². The molecule has 122 valence electrons. The first kappa shape index (κ1) is 15.8. The van der Waals surface area contributed by atoms with Crippen LogP contribution in [0, 0.1) is 0 Å². The molecule has 1 aliphatic carbocycles. The summed E-state index contributed by atoms with van der Waals surface area (Å²) in [5.41, 5.74) is 0.291. The van der Waals surface area contributed by atoms with Crippen molar-refractivity contribution >= 4 is 0 Å². The number of ether oxygens (including phenoxy) is 1. The number of nitrogens with zero attached hydrogens (tertiary/aromatic N) is 1. The molecule has 2 aliphatic heterocycles. The lowest BCUT2D eigenvalue weighted by atomic mass is 9.83. The van der Waals surface area contributed by atoms with Crippen molar-refractivity contribution in [3.05, 3.63) is 0 Å². The van der Waals surface area contributed by atoms with Gasteiger partial charge in [-0.15, -0.1) is 0 Å². The van der Waals surface area contributed by atoms with Crippen LogP contribution in [-0.4, -0.2) is 49.3 Å². The van der Waals surface area contributed by atoms with E-state index >= 15 is 0 Å². The summed E-state index contributed by atoms with van der Waals surface area (Å²) in [5.74, 6) is 0. The monoisotopic (exact) mass is 294 g/mol. The first-order valence-corrected chi connectivity index (χ1v) is 9.38. The average molecular weight is 294 g/mol. The molecule has 3 aliphatic rings. The SMILES string of the molecule is CNCCC1CCCCN1CC1CCC2(CCCCC2)O1. The molecule has 1 saturated carbocycles. The van der Waals surface area contributed by atoms with Gasteiger partial charge in [-0.1, -0.05) is 25.7 Å². The number of likely N-dealkylation sites (tertiary alicyclic amines) is 1. The van der Waals surface area contributed by atoms with Crippen LogP contribution in [0.15, 0.2) is 0 Å². The van der Waals surface area contributed by atoms with Gasteiger partial charge in [0.05, 0.1) is 11.7 Å². The van der Waals surface area contributed by atoms with E-state index in [4.69, 9.17) is 4.74 Å². The van der Waals surface area contributed by atoms with Crippen molar-refractivity contribution in [2.24, 2.45) is 0 Å². The fraction of sp³-hybridized carbons (Fsp3) is 1.00. The van der Waals surface area contributed by atoms with E-state index in [9.17, 15) is 0 Å². The van der Waals surface area contributed by atoms with Crippen LogP contribution < -0.4 is 5.32 Å². The summed E-state index contributed by atoms with van der Waals surface area (Å²) in [6.07, 6.45) is 15.5. The highest BCUT2D eigenvalue weighted by atomic mass is 16.5. The third kappa shape index (κ3) is 4.00. The largest absolute Gasteiger partial charge is 0.370 e. The maximum Gasteiger partial charge on any atom is 0.0710 e. The molecule has 3 rings (SSSR count). The fourth-order valence-corrected chi connectivity index (χ4v) is 4.79. The Morgan fingerprint density at radius 3 is 2.71 bits per heavy atom. The third-order valence-corrected chi connectivity index (χ3v) is 6.02. The van der Waals surface area contributed by atoms with Gasteiger partial charge in [0, 0.05) is 12.6 Å². The summed E-state index contributed by atoms with van der Waals surface area (Å²) in [7, 11) is 2.07. The minimum atomic E-state index is 0.291. The van der Waals surface area contributed by atoms with Crippen molar-refractivity contribution in [2.45, 2.75) is 88.4 Å². The zero-order chi connectivity index (χ0) is 14.5. The van der Waals surface area contributed by atoms with Crippen LogP contribution in [0.4, 0.5) is 0 Å². The molecule has 2 saturated heterocycles. The maximum absolute atomic E-state index is 6.59. The molecule has 0 bridgehead atoms. The van der Waals surface area contributed by atoms with E-state index in [1.807, 2.05) is 0 Å². The molecule has 3 nitrogen and oxygen atoms in total. The quantitative estimate of drug-likeness (QED) is 0.842.